The molecule has 0 radical (unpaired) electrons. The first-order valence-corrected chi connectivity index (χ1v) is 9.59. The number of carbonyl (C=O) groups excluding carboxylic acids is 2. The molecular formula is C18H23N6O6+. The van der Waals surface area contributed by atoms with E-state index in [4.69, 9.17) is 4.74 Å². The highest BCUT2D eigenvalue weighted by molar-refractivity contribution is 6.03. The van der Waals surface area contributed by atoms with Gasteiger partial charge in [-0.05, 0) is 17.7 Å². The van der Waals surface area contributed by atoms with Gasteiger partial charge in [-0.2, -0.15) is 0 Å². The number of aliphatic hydroxyl groups is 1. The summed E-state index contributed by atoms with van der Waals surface area (Å²) in [7, 11) is 1.60. The number of guanidine groups is 1. The van der Waals surface area contributed by atoms with Crippen molar-refractivity contribution < 1.29 is 28.9 Å². The van der Waals surface area contributed by atoms with E-state index in [0.717, 1.165) is 0 Å². The fraction of sp³-hybridized carbons (Fsp3) is 0.500. The van der Waals surface area contributed by atoms with Crippen LogP contribution in [0.25, 0.3) is 0 Å². The number of nitro groups is 1. The van der Waals surface area contributed by atoms with Crippen molar-refractivity contribution in [2.24, 2.45) is 0 Å². The number of benzene rings is 1. The molecular weight excluding hydrogens is 396 g/mol. The average molecular weight is 419 g/mol. The second-order valence-corrected chi connectivity index (χ2v) is 7.38. The van der Waals surface area contributed by atoms with Gasteiger partial charge < -0.3 is 9.84 Å². The van der Waals surface area contributed by atoms with Crippen LogP contribution in [0.15, 0.2) is 24.3 Å². The van der Waals surface area contributed by atoms with E-state index in [2.05, 4.69) is 10.6 Å². The number of β-amino-alcohol motifs (C(OH)–C–C–N with tert-alkyl or cyclic N) is 1. The van der Waals surface area contributed by atoms with Crippen molar-refractivity contribution in [1.29, 1.82) is 0 Å². The van der Waals surface area contributed by atoms with Gasteiger partial charge in [0.05, 0.1) is 37.8 Å². The van der Waals surface area contributed by atoms with Crippen LogP contribution < -0.4 is 10.6 Å². The van der Waals surface area contributed by atoms with Crippen LogP contribution in [-0.2, 0) is 9.53 Å². The lowest BCUT2D eigenvalue weighted by molar-refractivity contribution is -0.555. The molecule has 1 aromatic carbocycles. The summed E-state index contributed by atoms with van der Waals surface area (Å²) in [4.78, 5) is 38.2. The number of hydrogen-bond donors (Lipinski definition) is 3. The first-order valence-electron chi connectivity index (χ1n) is 9.59. The standard InChI is InChI=1S/C18H22N6O6/c1-21-15-14(16(26)20-18(21)27)23(17(19-15)22-6-8-30-9-7-22)10-13(25)11-2-4-12(5-3-11)24(28)29/h2-5,13-15,25H,6-10H2,1H3,(H,20,26,27)/p+1. The van der Waals surface area contributed by atoms with E-state index < -0.39 is 35.2 Å². The number of rotatable bonds is 4. The predicted molar refractivity (Wildman–Crippen MR) is 103 cm³/mol. The lowest BCUT2D eigenvalue weighted by Gasteiger charge is -2.32. The minimum atomic E-state index is -1.00. The smallest absolute Gasteiger partial charge is 0.351 e. The van der Waals surface area contributed by atoms with E-state index in [1.807, 2.05) is 4.58 Å². The summed E-state index contributed by atoms with van der Waals surface area (Å²) in [5.74, 6) is 0.195. The summed E-state index contributed by atoms with van der Waals surface area (Å²) in [6.45, 7) is 2.32. The van der Waals surface area contributed by atoms with E-state index >= 15 is 0 Å². The van der Waals surface area contributed by atoms with Gasteiger partial charge in [-0.25, -0.2) is 9.69 Å². The SMILES string of the molecule is CN1C(=O)NC(=O)C2C1NC(=[N+]1CCOCC1)N2CC(O)c1ccc([N+](=O)[O-])cc1. The molecule has 1 aromatic rings. The maximum atomic E-state index is 12.7. The Morgan fingerprint density at radius 3 is 2.60 bits per heavy atom. The van der Waals surface area contributed by atoms with Crippen molar-refractivity contribution in [3.63, 3.8) is 0 Å². The zero-order chi connectivity index (χ0) is 21.4. The fourth-order valence-electron chi connectivity index (χ4n) is 3.94. The van der Waals surface area contributed by atoms with Gasteiger partial charge >= 0.3 is 12.0 Å². The van der Waals surface area contributed by atoms with Crippen LogP contribution >= 0.6 is 0 Å². The molecule has 12 nitrogen and oxygen atoms in total. The number of aliphatic hydroxyl groups excluding tert-OH is 1. The van der Waals surface area contributed by atoms with Crippen molar-refractivity contribution in [3.8, 4) is 0 Å². The molecule has 3 atom stereocenters. The molecule has 3 aliphatic rings. The number of hydrogen-bond acceptors (Lipinski definition) is 6. The molecule has 160 valence electrons. The van der Waals surface area contributed by atoms with Crippen molar-refractivity contribution in [1.82, 2.24) is 20.4 Å². The molecule has 0 saturated carbocycles. The van der Waals surface area contributed by atoms with Crippen LogP contribution in [0, 0.1) is 10.1 Å². The number of likely N-dealkylation sites (N-methyl/N-ethyl adjacent to an activating group) is 1. The number of imide groups is 1. The van der Waals surface area contributed by atoms with Crippen LogP contribution in [-0.4, -0.2) is 94.4 Å². The molecule has 0 spiro atoms. The van der Waals surface area contributed by atoms with Crippen LogP contribution in [0.3, 0.4) is 0 Å². The van der Waals surface area contributed by atoms with Gasteiger partial charge in [0.15, 0.2) is 6.17 Å². The van der Waals surface area contributed by atoms with E-state index in [-0.39, 0.29) is 12.2 Å². The Morgan fingerprint density at radius 1 is 1.30 bits per heavy atom. The number of carbonyl (C=O) groups is 2. The number of nitrogens with one attached hydrogen (secondary N) is 2. The third kappa shape index (κ3) is 3.55. The Hall–Kier alpha value is -3.25. The number of morpholine rings is 1. The normalized spacial score (nSPS) is 25.0. The van der Waals surface area contributed by atoms with Crippen LogP contribution in [0.1, 0.15) is 11.7 Å². The molecule has 4 rings (SSSR count). The van der Waals surface area contributed by atoms with Gasteiger partial charge in [0.25, 0.3) is 11.6 Å². The van der Waals surface area contributed by atoms with Crippen LogP contribution in [0.2, 0.25) is 0 Å². The van der Waals surface area contributed by atoms with Crippen LogP contribution in [0.5, 0.6) is 0 Å². The third-order valence-corrected chi connectivity index (χ3v) is 5.59. The van der Waals surface area contributed by atoms with Gasteiger partial charge in [-0.3, -0.25) is 35.0 Å². The van der Waals surface area contributed by atoms with Gasteiger partial charge in [0.1, 0.15) is 6.10 Å². The number of ether oxygens (including phenoxy) is 1. The number of fused-ring (bicyclic) bond motifs is 1. The Morgan fingerprint density at radius 2 is 1.97 bits per heavy atom. The quantitative estimate of drug-likeness (QED) is 0.314. The van der Waals surface area contributed by atoms with Gasteiger partial charge in [-0.1, -0.05) is 0 Å². The maximum Gasteiger partial charge on any atom is 0.351 e. The molecule has 3 saturated heterocycles. The Bertz CT molecular complexity index is 895. The largest absolute Gasteiger partial charge is 0.385 e. The predicted octanol–water partition coefficient (Wildman–Crippen LogP) is -1.19. The number of amides is 3. The van der Waals surface area contributed by atoms with Gasteiger partial charge in [-0.15, -0.1) is 0 Å². The van der Waals surface area contributed by atoms with E-state index in [1.54, 1.807) is 11.9 Å². The molecule has 3 unspecified atom stereocenters. The summed E-state index contributed by atoms with van der Waals surface area (Å²) in [6, 6.07) is 4.43. The molecule has 0 aliphatic carbocycles. The highest BCUT2D eigenvalue weighted by atomic mass is 16.6. The van der Waals surface area contributed by atoms with Crippen molar-refractivity contribution in [2.45, 2.75) is 18.3 Å². The molecule has 30 heavy (non-hydrogen) atoms. The molecule has 12 heteroatoms. The highest BCUT2D eigenvalue weighted by Gasteiger charge is 2.56. The molecule has 3 fully saturated rings. The average Bonchev–Trinajstić information content (AvgIpc) is 3.12. The number of urea groups is 1. The summed E-state index contributed by atoms with van der Waals surface area (Å²) >= 11 is 0. The minimum Gasteiger partial charge on any atom is -0.385 e. The van der Waals surface area contributed by atoms with Gasteiger partial charge in [0.2, 0.25) is 6.04 Å². The highest BCUT2D eigenvalue weighted by Crippen LogP contribution is 2.25. The lowest BCUT2D eigenvalue weighted by atomic mass is 10.1. The van der Waals surface area contributed by atoms with Crippen molar-refractivity contribution >= 4 is 23.6 Å². The number of nitro benzene ring substituents is 1. The van der Waals surface area contributed by atoms with Gasteiger partial charge in [0, 0.05) is 19.2 Å². The molecule has 3 heterocycles. The summed E-state index contributed by atoms with van der Waals surface area (Å²) < 4.78 is 7.43. The second-order valence-electron chi connectivity index (χ2n) is 7.38. The van der Waals surface area contributed by atoms with E-state index in [9.17, 15) is 24.8 Å². The van der Waals surface area contributed by atoms with Crippen molar-refractivity contribution in [3.05, 3.63) is 39.9 Å². The molecule has 0 bridgehead atoms. The summed E-state index contributed by atoms with van der Waals surface area (Å²) in [5.41, 5.74) is 0.423. The zero-order valence-electron chi connectivity index (χ0n) is 16.4. The number of nitrogens with zero attached hydrogens (tertiary/aromatic N) is 4. The first kappa shape index (κ1) is 20.0. The lowest BCUT2D eigenvalue weighted by Crippen LogP contribution is -2.65. The molecule has 3 N–H and O–H groups in total. The second kappa shape index (κ2) is 7.88. The number of non-ortho nitro benzene ring substituents is 1. The Balaban J connectivity index is 1.64. The third-order valence-electron chi connectivity index (χ3n) is 5.59. The Kier molecular flexibility index (Phi) is 5.26. The monoisotopic (exact) mass is 419 g/mol. The topological polar surface area (TPSA) is 140 Å². The summed E-state index contributed by atoms with van der Waals surface area (Å²) in [6.07, 6.45) is -1.58. The van der Waals surface area contributed by atoms with Crippen LogP contribution in [0.4, 0.5) is 10.5 Å². The molecule has 3 amide bonds. The zero-order valence-corrected chi connectivity index (χ0v) is 16.4. The van der Waals surface area contributed by atoms with Crippen molar-refractivity contribution in [2.75, 3.05) is 39.9 Å². The minimum absolute atomic E-state index is 0.0636. The maximum absolute atomic E-state index is 12.7. The van der Waals surface area contributed by atoms with E-state index in [1.165, 1.54) is 29.2 Å². The Labute approximate surface area is 171 Å². The summed E-state index contributed by atoms with van der Waals surface area (Å²) in [5, 5.41) is 27.3. The molecule has 0 aromatic heterocycles. The van der Waals surface area contributed by atoms with E-state index in [0.29, 0.717) is 37.8 Å². The fourth-order valence-corrected chi connectivity index (χ4v) is 3.94. The molecule has 3 aliphatic heterocycles. The first-order chi connectivity index (χ1) is 14.4.